The van der Waals surface area contributed by atoms with Gasteiger partial charge < -0.3 is 25.7 Å². The number of carboxylic acid groups (broad SMARTS) is 2. The van der Waals surface area contributed by atoms with Crippen LogP contribution in [0.1, 0.15) is 12.8 Å². The van der Waals surface area contributed by atoms with Crippen LogP contribution >= 0.6 is 23.4 Å². The van der Waals surface area contributed by atoms with Crippen molar-refractivity contribution in [1.29, 1.82) is 0 Å². The molecule has 0 radical (unpaired) electrons. The minimum absolute atomic E-state index is 0.0295. The molecule has 0 bridgehead atoms. The molecule has 1 aliphatic rings. The van der Waals surface area contributed by atoms with E-state index in [4.69, 9.17) is 11.6 Å². The Bertz CT molecular complexity index is 826. The third-order valence-electron chi connectivity index (χ3n) is 5.43. The highest BCUT2D eigenvalue weighted by Gasteiger charge is 2.28. The van der Waals surface area contributed by atoms with E-state index in [9.17, 15) is 34.8 Å². The molecule has 1 saturated heterocycles. The van der Waals surface area contributed by atoms with Crippen molar-refractivity contribution >= 4 is 41.2 Å². The Hall–Kier alpha value is -2.21. The zero-order valence-corrected chi connectivity index (χ0v) is 21.1. The van der Waals surface area contributed by atoms with Crippen LogP contribution in [-0.4, -0.2) is 150 Å². The molecular formula is C19H31ClN8O7S. The lowest BCUT2D eigenvalue weighted by atomic mass is 10.1. The van der Waals surface area contributed by atoms with Crippen molar-refractivity contribution in [2.75, 3.05) is 64.7 Å². The molecule has 17 heteroatoms. The quantitative estimate of drug-likeness (QED) is 0.0992. The summed E-state index contributed by atoms with van der Waals surface area (Å²) in [7, 11) is 0. The van der Waals surface area contributed by atoms with Gasteiger partial charge in [-0.3, -0.25) is 29.1 Å². The number of halogens is 1. The van der Waals surface area contributed by atoms with E-state index >= 15 is 0 Å². The number of aliphatic hydroxyl groups is 2. The van der Waals surface area contributed by atoms with Crippen LogP contribution in [0.15, 0.2) is 5.16 Å². The summed E-state index contributed by atoms with van der Waals surface area (Å²) in [6.07, 6.45) is -1.57. The van der Waals surface area contributed by atoms with E-state index in [1.54, 1.807) is 14.7 Å². The third kappa shape index (κ3) is 11.7. The number of carbonyl (C=O) groups is 3. The van der Waals surface area contributed by atoms with Crippen molar-refractivity contribution in [1.82, 2.24) is 40.4 Å². The van der Waals surface area contributed by atoms with E-state index in [-0.39, 0.29) is 37.1 Å². The lowest BCUT2D eigenvalue weighted by molar-refractivity contribution is -0.140. The van der Waals surface area contributed by atoms with Crippen LogP contribution in [-0.2, 0) is 14.4 Å². The standard InChI is InChI=1S/C19H31ClN8O7S/c20-18-22-24-19(25-23-18)36-10-3-21-14(29)2-1-13(17(34)35)28-8-6-26(11-15(30)31)4-5-27(7-9-28)12-16(32)33/h13,17,34-35H,1-12H2,(H,21,29)(H,30,31)(H,32,33)/t13-/m0/s1. The average Bonchev–Trinajstić information content (AvgIpc) is 2.89. The predicted molar refractivity (Wildman–Crippen MR) is 127 cm³/mol. The van der Waals surface area contributed by atoms with Crippen molar-refractivity contribution in [2.24, 2.45) is 0 Å². The Morgan fingerprint density at radius 2 is 1.44 bits per heavy atom. The fourth-order valence-corrected chi connectivity index (χ4v) is 4.33. The van der Waals surface area contributed by atoms with E-state index in [1.165, 1.54) is 11.8 Å². The summed E-state index contributed by atoms with van der Waals surface area (Å²) in [6, 6.07) is -0.791. The van der Waals surface area contributed by atoms with Crippen molar-refractivity contribution in [3.05, 3.63) is 5.28 Å². The van der Waals surface area contributed by atoms with Crippen LogP contribution in [0.3, 0.4) is 0 Å². The van der Waals surface area contributed by atoms with Gasteiger partial charge >= 0.3 is 11.9 Å². The zero-order chi connectivity index (χ0) is 26.5. The molecular weight excluding hydrogens is 520 g/mol. The summed E-state index contributed by atoms with van der Waals surface area (Å²) in [5, 5.41) is 56.0. The van der Waals surface area contributed by atoms with Gasteiger partial charge in [-0.25, -0.2) is 0 Å². The maximum Gasteiger partial charge on any atom is 0.317 e. The monoisotopic (exact) mass is 550 g/mol. The highest BCUT2D eigenvalue weighted by Crippen LogP contribution is 2.13. The molecule has 0 aromatic carbocycles. The highest BCUT2D eigenvalue weighted by atomic mass is 35.5. The maximum atomic E-state index is 12.3. The number of hydrogen-bond donors (Lipinski definition) is 5. The van der Waals surface area contributed by atoms with Gasteiger partial charge in [0.2, 0.25) is 11.1 Å². The molecule has 15 nitrogen and oxygen atoms in total. The van der Waals surface area contributed by atoms with Crippen molar-refractivity contribution in [3.8, 4) is 0 Å². The van der Waals surface area contributed by atoms with Gasteiger partial charge in [0.1, 0.15) is 0 Å². The third-order valence-corrected chi connectivity index (χ3v) is 6.41. The second-order valence-corrected chi connectivity index (χ2v) is 9.45. The van der Waals surface area contributed by atoms with Gasteiger partial charge in [-0.1, -0.05) is 11.8 Å². The summed E-state index contributed by atoms with van der Waals surface area (Å²) in [5.74, 6) is -1.82. The molecule has 0 spiro atoms. The summed E-state index contributed by atoms with van der Waals surface area (Å²) in [5.41, 5.74) is 0. The Labute approximate surface area is 216 Å². The molecule has 202 valence electrons. The van der Waals surface area contributed by atoms with Gasteiger partial charge in [0, 0.05) is 58.0 Å². The first kappa shape index (κ1) is 30.0. The molecule has 1 fully saturated rings. The van der Waals surface area contributed by atoms with Crippen LogP contribution in [0.2, 0.25) is 5.28 Å². The van der Waals surface area contributed by atoms with Crippen LogP contribution in [0.5, 0.6) is 0 Å². The highest BCUT2D eigenvalue weighted by molar-refractivity contribution is 7.99. The molecule has 1 aliphatic heterocycles. The smallest absolute Gasteiger partial charge is 0.317 e. The van der Waals surface area contributed by atoms with Crippen LogP contribution in [0, 0.1) is 0 Å². The van der Waals surface area contributed by atoms with Gasteiger partial charge in [-0.15, -0.1) is 20.4 Å². The fourth-order valence-electron chi connectivity index (χ4n) is 3.67. The molecule has 2 rings (SSSR count). The number of nitrogens with zero attached hydrogens (tertiary/aromatic N) is 7. The molecule has 0 saturated carbocycles. The van der Waals surface area contributed by atoms with Gasteiger partial charge in [0.25, 0.3) is 5.28 Å². The molecule has 0 unspecified atom stereocenters. The van der Waals surface area contributed by atoms with Crippen molar-refractivity contribution < 1.29 is 34.8 Å². The predicted octanol–water partition coefficient (Wildman–Crippen LogP) is -2.32. The molecule has 1 amide bonds. The number of carbonyl (C=O) groups excluding carboxylic acids is 1. The number of thioether (sulfide) groups is 1. The maximum absolute atomic E-state index is 12.3. The molecule has 5 N–H and O–H groups in total. The fraction of sp³-hybridized carbons (Fsp3) is 0.737. The minimum atomic E-state index is -1.74. The lowest BCUT2D eigenvalue weighted by Gasteiger charge is -2.34. The number of nitrogens with one attached hydrogen (secondary N) is 1. The lowest BCUT2D eigenvalue weighted by Crippen LogP contribution is -2.49. The van der Waals surface area contributed by atoms with Gasteiger partial charge in [-0.2, -0.15) is 0 Å². The largest absolute Gasteiger partial charge is 0.480 e. The molecule has 1 atom stereocenters. The normalized spacial score (nSPS) is 17.2. The number of carboxylic acids is 2. The van der Waals surface area contributed by atoms with Crippen LogP contribution < -0.4 is 5.32 Å². The van der Waals surface area contributed by atoms with Gasteiger partial charge in [0.05, 0.1) is 19.1 Å². The Balaban J connectivity index is 1.89. The van der Waals surface area contributed by atoms with Crippen molar-refractivity contribution in [3.63, 3.8) is 0 Å². The Morgan fingerprint density at radius 3 is 1.94 bits per heavy atom. The van der Waals surface area contributed by atoms with Gasteiger partial charge in [0.15, 0.2) is 6.29 Å². The number of hydrogen-bond acceptors (Lipinski definition) is 13. The van der Waals surface area contributed by atoms with E-state index in [2.05, 4.69) is 25.7 Å². The number of rotatable bonds is 13. The Morgan fingerprint density at radius 1 is 0.917 bits per heavy atom. The topological polar surface area (TPSA) is 205 Å². The number of amides is 1. The number of aromatic nitrogens is 4. The first-order chi connectivity index (χ1) is 17.1. The second-order valence-electron chi connectivity index (χ2n) is 8.05. The minimum Gasteiger partial charge on any atom is -0.480 e. The SMILES string of the molecule is O=C(O)CN1CCN(CC(=O)O)CCN([C@@H](CCC(=O)NCCSc2nnc(Cl)nn2)C(O)O)CC1. The van der Waals surface area contributed by atoms with Crippen LogP contribution in [0.4, 0.5) is 0 Å². The summed E-state index contributed by atoms with van der Waals surface area (Å²) in [4.78, 5) is 39.8. The summed E-state index contributed by atoms with van der Waals surface area (Å²) < 4.78 is 0. The summed E-state index contributed by atoms with van der Waals surface area (Å²) in [6.45, 7) is 1.98. The molecule has 0 aliphatic carbocycles. The first-order valence-corrected chi connectivity index (χ1v) is 12.6. The van der Waals surface area contributed by atoms with E-state index in [1.807, 2.05) is 0 Å². The van der Waals surface area contributed by atoms with E-state index in [0.717, 1.165) is 0 Å². The van der Waals surface area contributed by atoms with Gasteiger partial charge in [-0.05, 0) is 18.0 Å². The molecule has 36 heavy (non-hydrogen) atoms. The first-order valence-electron chi connectivity index (χ1n) is 11.2. The van der Waals surface area contributed by atoms with E-state index in [0.29, 0.717) is 56.7 Å². The zero-order valence-electron chi connectivity index (χ0n) is 19.6. The van der Waals surface area contributed by atoms with E-state index < -0.39 is 24.3 Å². The number of aliphatic carboxylic acids is 2. The Kier molecular flexibility index (Phi) is 13.2. The second kappa shape index (κ2) is 15.8. The molecule has 1 aromatic rings. The number of aliphatic hydroxyl groups excluding tert-OH is 1. The molecule has 1 aromatic heterocycles. The average molecular weight is 551 g/mol. The van der Waals surface area contributed by atoms with Crippen molar-refractivity contribution in [2.45, 2.75) is 30.3 Å². The van der Waals surface area contributed by atoms with Crippen LogP contribution in [0.25, 0.3) is 0 Å². The molecule has 2 heterocycles. The summed E-state index contributed by atoms with van der Waals surface area (Å²) >= 11 is 6.76.